The van der Waals surface area contributed by atoms with Crippen molar-refractivity contribution in [2.45, 2.75) is 26.8 Å². The van der Waals surface area contributed by atoms with Crippen molar-refractivity contribution in [3.8, 4) is 11.5 Å². The molecule has 0 saturated carbocycles. The predicted octanol–water partition coefficient (Wildman–Crippen LogP) is 4.53. The molecule has 0 aromatic heterocycles. The van der Waals surface area contributed by atoms with Crippen molar-refractivity contribution in [2.24, 2.45) is 0 Å². The largest absolute Gasteiger partial charge is 0.494 e. The monoisotopic (exact) mass is 344 g/mol. The summed E-state index contributed by atoms with van der Waals surface area (Å²) >= 11 is 5.39. The smallest absolute Gasteiger partial charge is 0.171 e. The van der Waals surface area contributed by atoms with Crippen molar-refractivity contribution in [3.63, 3.8) is 0 Å². The second-order valence-corrected chi connectivity index (χ2v) is 5.69. The molecule has 2 aromatic carbocycles. The van der Waals surface area contributed by atoms with E-state index in [9.17, 15) is 0 Å². The molecule has 0 aliphatic heterocycles. The Balaban J connectivity index is 1.88. The van der Waals surface area contributed by atoms with Gasteiger partial charge < -0.3 is 20.1 Å². The summed E-state index contributed by atoms with van der Waals surface area (Å²) in [6.07, 6.45) is 0. The van der Waals surface area contributed by atoms with Crippen LogP contribution in [0.5, 0.6) is 11.5 Å². The highest BCUT2D eigenvalue weighted by molar-refractivity contribution is 7.80. The minimum Gasteiger partial charge on any atom is -0.494 e. The van der Waals surface area contributed by atoms with Crippen LogP contribution in [-0.2, 0) is 0 Å². The Labute approximate surface area is 149 Å². The molecule has 5 heteroatoms. The third kappa shape index (κ3) is 5.42. The van der Waals surface area contributed by atoms with E-state index in [0.717, 1.165) is 22.7 Å². The standard InChI is InChI=1S/C19H24N2O2S/c1-4-22-17-10-6-15(7-11-17)14(3)20-19(24)21-16-8-12-18(13-9-16)23-5-2/h6-14H,4-5H2,1-3H3,(H2,20,21,24)/t14-/m1/s1. The van der Waals surface area contributed by atoms with Gasteiger partial charge >= 0.3 is 0 Å². The topological polar surface area (TPSA) is 42.5 Å². The number of thiocarbonyl (C=S) groups is 1. The molecule has 0 heterocycles. The van der Waals surface area contributed by atoms with Gasteiger partial charge in [0, 0.05) is 5.69 Å². The van der Waals surface area contributed by atoms with Crippen LogP contribution in [0.15, 0.2) is 48.5 Å². The summed E-state index contributed by atoms with van der Waals surface area (Å²) in [7, 11) is 0. The van der Waals surface area contributed by atoms with Gasteiger partial charge in [0.2, 0.25) is 0 Å². The molecule has 24 heavy (non-hydrogen) atoms. The maximum absolute atomic E-state index is 5.46. The fraction of sp³-hybridized carbons (Fsp3) is 0.316. The van der Waals surface area contributed by atoms with E-state index >= 15 is 0 Å². The first kappa shape index (κ1) is 18.1. The van der Waals surface area contributed by atoms with E-state index in [4.69, 9.17) is 21.7 Å². The van der Waals surface area contributed by atoms with Crippen LogP contribution in [0, 0.1) is 0 Å². The Morgan fingerprint density at radius 3 is 1.92 bits per heavy atom. The van der Waals surface area contributed by atoms with Crippen LogP contribution in [0.25, 0.3) is 0 Å². The van der Waals surface area contributed by atoms with Gasteiger partial charge in [-0.15, -0.1) is 0 Å². The van der Waals surface area contributed by atoms with Gasteiger partial charge in [-0.25, -0.2) is 0 Å². The van der Waals surface area contributed by atoms with Crippen molar-refractivity contribution in [1.82, 2.24) is 5.32 Å². The van der Waals surface area contributed by atoms with E-state index in [0.29, 0.717) is 18.3 Å². The van der Waals surface area contributed by atoms with Crippen molar-refractivity contribution in [1.29, 1.82) is 0 Å². The third-order valence-electron chi connectivity index (χ3n) is 3.46. The van der Waals surface area contributed by atoms with E-state index in [1.54, 1.807) is 0 Å². The van der Waals surface area contributed by atoms with Gasteiger partial charge in [0.1, 0.15) is 11.5 Å². The zero-order chi connectivity index (χ0) is 17.4. The minimum atomic E-state index is 0.100. The quantitative estimate of drug-likeness (QED) is 0.722. The molecule has 0 bridgehead atoms. The van der Waals surface area contributed by atoms with Gasteiger partial charge in [-0.05, 0) is 75.0 Å². The fourth-order valence-corrected chi connectivity index (χ4v) is 2.56. The SMILES string of the molecule is CCOc1ccc(NC(=S)N[C@H](C)c2ccc(OCC)cc2)cc1. The number of rotatable bonds is 7. The summed E-state index contributed by atoms with van der Waals surface area (Å²) in [5, 5.41) is 7.05. The number of hydrogen-bond donors (Lipinski definition) is 2. The summed E-state index contributed by atoms with van der Waals surface area (Å²) in [6, 6.07) is 15.9. The summed E-state index contributed by atoms with van der Waals surface area (Å²) < 4.78 is 10.9. The Hall–Kier alpha value is -2.27. The minimum absolute atomic E-state index is 0.100. The van der Waals surface area contributed by atoms with Crippen LogP contribution in [0.1, 0.15) is 32.4 Å². The summed E-state index contributed by atoms with van der Waals surface area (Å²) in [6.45, 7) is 7.34. The lowest BCUT2D eigenvalue weighted by Gasteiger charge is -2.18. The van der Waals surface area contributed by atoms with E-state index in [2.05, 4.69) is 17.6 Å². The first-order valence-electron chi connectivity index (χ1n) is 8.15. The average Bonchev–Trinajstić information content (AvgIpc) is 2.58. The van der Waals surface area contributed by atoms with Gasteiger partial charge in [-0.2, -0.15) is 0 Å². The third-order valence-corrected chi connectivity index (χ3v) is 3.68. The molecule has 0 aliphatic rings. The maximum atomic E-state index is 5.46. The molecule has 128 valence electrons. The zero-order valence-electron chi connectivity index (χ0n) is 14.3. The normalized spacial score (nSPS) is 11.5. The van der Waals surface area contributed by atoms with Crippen molar-refractivity contribution >= 4 is 23.0 Å². The molecule has 0 amide bonds. The molecule has 2 aromatic rings. The van der Waals surface area contributed by atoms with Crippen LogP contribution < -0.4 is 20.1 Å². The molecule has 0 fully saturated rings. The van der Waals surface area contributed by atoms with Crippen LogP contribution >= 0.6 is 12.2 Å². The van der Waals surface area contributed by atoms with Gasteiger partial charge in [-0.1, -0.05) is 12.1 Å². The fourth-order valence-electron chi connectivity index (χ4n) is 2.27. The lowest BCUT2D eigenvalue weighted by Crippen LogP contribution is -2.30. The number of hydrogen-bond acceptors (Lipinski definition) is 3. The summed E-state index contributed by atoms with van der Waals surface area (Å²) in [5.41, 5.74) is 2.07. The summed E-state index contributed by atoms with van der Waals surface area (Å²) in [4.78, 5) is 0. The molecule has 0 aliphatic carbocycles. The van der Waals surface area contributed by atoms with Gasteiger partial charge in [0.15, 0.2) is 5.11 Å². The lowest BCUT2D eigenvalue weighted by molar-refractivity contribution is 0.340. The lowest BCUT2D eigenvalue weighted by atomic mass is 10.1. The molecule has 2 N–H and O–H groups in total. The van der Waals surface area contributed by atoms with Crippen molar-refractivity contribution in [2.75, 3.05) is 18.5 Å². The molecule has 1 atom stereocenters. The molecular formula is C19H24N2O2S. The number of ether oxygens (including phenoxy) is 2. The Morgan fingerprint density at radius 1 is 0.917 bits per heavy atom. The molecule has 2 rings (SSSR count). The van der Waals surface area contributed by atoms with Crippen molar-refractivity contribution in [3.05, 3.63) is 54.1 Å². The molecule has 0 radical (unpaired) electrons. The van der Waals surface area contributed by atoms with Crippen LogP contribution in [-0.4, -0.2) is 18.3 Å². The molecule has 4 nitrogen and oxygen atoms in total. The Kier molecular flexibility index (Phi) is 6.88. The van der Waals surface area contributed by atoms with Gasteiger partial charge in [-0.3, -0.25) is 0 Å². The number of anilines is 1. The summed E-state index contributed by atoms with van der Waals surface area (Å²) in [5.74, 6) is 1.73. The van der Waals surface area contributed by atoms with E-state index in [1.165, 1.54) is 0 Å². The second kappa shape index (κ2) is 9.13. The predicted molar refractivity (Wildman–Crippen MR) is 103 cm³/mol. The molecule has 0 unspecified atom stereocenters. The van der Waals surface area contributed by atoms with Gasteiger partial charge in [0.25, 0.3) is 0 Å². The highest BCUT2D eigenvalue weighted by Crippen LogP contribution is 2.19. The van der Waals surface area contributed by atoms with Crippen LogP contribution in [0.2, 0.25) is 0 Å². The average molecular weight is 344 g/mol. The van der Waals surface area contributed by atoms with E-state index in [1.807, 2.05) is 62.4 Å². The maximum Gasteiger partial charge on any atom is 0.171 e. The molecular weight excluding hydrogens is 320 g/mol. The van der Waals surface area contributed by atoms with E-state index in [-0.39, 0.29) is 6.04 Å². The molecule has 0 spiro atoms. The zero-order valence-corrected chi connectivity index (χ0v) is 15.2. The Bertz CT molecular complexity index is 641. The van der Waals surface area contributed by atoms with Crippen LogP contribution in [0.4, 0.5) is 5.69 Å². The first-order chi connectivity index (χ1) is 11.6. The van der Waals surface area contributed by atoms with Gasteiger partial charge in [0.05, 0.1) is 19.3 Å². The van der Waals surface area contributed by atoms with Crippen LogP contribution in [0.3, 0.4) is 0 Å². The Morgan fingerprint density at radius 2 is 1.42 bits per heavy atom. The number of benzene rings is 2. The number of nitrogens with one attached hydrogen (secondary N) is 2. The first-order valence-corrected chi connectivity index (χ1v) is 8.56. The highest BCUT2D eigenvalue weighted by atomic mass is 32.1. The van der Waals surface area contributed by atoms with Crippen molar-refractivity contribution < 1.29 is 9.47 Å². The highest BCUT2D eigenvalue weighted by Gasteiger charge is 2.07. The molecule has 0 saturated heterocycles. The van der Waals surface area contributed by atoms with E-state index < -0.39 is 0 Å². The second-order valence-electron chi connectivity index (χ2n) is 5.28.